The first-order valence-electron chi connectivity index (χ1n) is 6.47. The van der Waals surface area contributed by atoms with Gasteiger partial charge in [0.1, 0.15) is 24.1 Å². The van der Waals surface area contributed by atoms with E-state index in [0.29, 0.717) is 0 Å². The van der Waals surface area contributed by atoms with Crippen molar-refractivity contribution in [3.05, 3.63) is 29.8 Å². The number of aliphatic hydroxyl groups is 3. The smallest absolute Gasteiger partial charge is 0.183 e. The lowest BCUT2D eigenvalue weighted by atomic mass is 10.00. The van der Waals surface area contributed by atoms with Gasteiger partial charge in [0, 0.05) is 0 Å². The van der Waals surface area contributed by atoms with E-state index in [1.807, 2.05) is 12.1 Å². The minimum atomic E-state index is -1.35. The van der Waals surface area contributed by atoms with Crippen molar-refractivity contribution in [3.8, 4) is 5.75 Å². The largest absolute Gasteiger partial charge is 0.497 e. The molecule has 0 amide bonds. The molecule has 0 aliphatic carbocycles. The molecule has 3 N–H and O–H groups in total. The van der Waals surface area contributed by atoms with Crippen LogP contribution in [0, 0.1) is 0 Å². The molecule has 20 heavy (non-hydrogen) atoms. The van der Waals surface area contributed by atoms with Crippen LogP contribution in [-0.2, 0) is 16.1 Å². The van der Waals surface area contributed by atoms with Gasteiger partial charge in [0.25, 0.3) is 0 Å². The first kappa shape index (κ1) is 15.2. The minimum absolute atomic E-state index is 0.211. The lowest BCUT2D eigenvalue weighted by Gasteiger charge is -2.39. The number of aliphatic hydroxyl groups excluding tert-OH is 3. The molecule has 1 fully saturated rings. The molecule has 1 aromatic carbocycles. The highest BCUT2D eigenvalue weighted by atomic mass is 16.6. The molecule has 1 aliphatic heterocycles. The summed E-state index contributed by atoms with van der Waals surface area (Å²) in [6.45, 7) is 1.83. The maximum Gasteiger partial charge on any atom is 0.183 e. The topological polar surface area (TPSA) is 88.4 Å². The molecule has 1 aromatic rings. The molecular formula is C14H20O6. The first-order valence-corrected chi connectivity index (χ1v) is 6.47. The second-order valence-electron chi connectivity index (χ2n) is 4.84. The molecule has 0 bridgehead atoms. The van der Waals surface area contributed by atoms with Crippen LogP contribution in [0.4, 0.5) is 0 Å². The van der Waals surface area contributed by atoms with Gasteiger partial charge in [-0.25, -0.2) is 0 Å². The van der Waals surface area contributed by atoms with Crippen LogP contribution in [-0.4, -0.2) is 53.1 Å². The summed E-state index contributed by atoms with van der Waals surface area (Å²) in [5, 5.41) is 29.3. The summed E-state index contributed by atoms with van der Waals surface area (Å²) >= 11 is 0. The Morgan fingerprint density at radius 3 is 2.35 bits per heavy atom. The van der Waals surface area contributed by atoms with Crippen molar-refractivity contribution in [1.82, 2.24) is 0 Å². The van der Waals surface area contributed by atoms with Gasteiger partial charge >= 0.3 is 0 Å². The molecule has 0 aromatic heterocycles. The number of benzene rings is 1. The van der Waals surface area contributed by atoms with Crippen LogP contribution in [0.25, 0.3) is 0 Å². The highest BCUT2D eigenvalue weighted by molar-refractivity contribution is 5.26. The zero-order valence-electron chi connectivity index (χ0n) is 11.5. The Morgan fingerprint density at radius 2 is 1.75 bits per heavy atom. The Kier molecular flexibility index (Phi) is 4.95. The lowest BCUT2D eigenvalue weighted by molar-refractivity contribution is -0.287. The third-order valence-electron chi connectivity index (χ3n) is 3.40. The van der Waals surface area contributed by atoms with Gasteiger partial charge in [-0.3, -0.25) is 0 Å². The summed E-state index contributed by atoms with van der Waals surface area (Å²) in [6.07, 6.45) is -5.12. The molecule has 1 aliphatic rings. The van der Waals surface area contributed by atoms with Crippen molar-refractivity contribution in [1.29, 1.82) is 0 Å². The third kappa shape index (κ3) is 3.28. The minimum Gasteiger partial charge on any atom is -0.497 e. The van der Waals surface area contributed by atoms with Crippen LogP contribution in [0.15, 0.2) is 24.3 Å². The molecular weight excluding hydrogens is 264 g/mol. The van der Waals surface area contributed by atoms with E-state index < -0.39 is 30.7 Å². The van der Waals surface area contributed by atoms with Gasteiger partial charge in [-0.1, -0.05) is 12.1 Å². The fourth-order valence-corrected chi connectivity index (χ4v) is 2.12. The van der Waals surface area contributed by atoms with Crippen molar-refractivity contribution < 1.29 is 29.5 Å². The Labute approximate surface area is 117 Å². The fraction of sp³-hybridized carbons (Fsp3) is 0.571. The average molecular weight is 284 g/mol. The van der Waals surface area contributed by atoms with Crippen LogP contribution in [0.1, 0.15) is 12.5 Å². The van der Waals surface area contributed by atoms with Gasteiger partial charge in [-0.05, 0) is 24.6 Å². The van der Waals surface area contributed by atoms with E-state index in [1.54, 1.807) is 26.2 Å². The van der Waals surface area contributed by atoms with Crippen LogP contribution >= 0.6 is 0 Å². The van der Waals surface area contributed by atoms with E-state index in [-0.39, 0.29) is 6.61 Å². The van der Waals surface area contributed by atoms with Gasteiger partial charge in [0.15, 0.2) is 6.29 Å². The predicted octanol–water partition coefficient (Wildman–Crippen LogP) is 0.0393. The summed E-state index contributed by atoms with van der Waals surface area (Å²) < 4.78 is 15.6. The Hall–Kier alpha value is -1.18. The molecule has 0 radical (unpaired) electrons. The molecule has 1 saturated heterocycles. The average Bonchev–Trinajstić information content (AvgIpc) is 2.46. The summed E-state index contributed by atoms with van der Waals surface area (Å²) in [5.74, 6) is 0.740. The van der Waals surface area contributed by atoms with Crippen LogP contribution < -0.4 is 4.74 Å². The maximum absolute atomic E-state index is 9.94. The molecule has 0 saturated carbocycles. The second-order valence-corrected chi connectivity index (χ2v) is 4.84. The van der Waals surface area contributed by atoms with Gasteiger partial charge in [0.05, 0.1) is 19.8 Å². The Bertz CT molecular complexity index is 406. The van der Waals surface area contributed by atoms with Crippen LogP contribution in [0.2, 0.25) is 0 Å². The molecule has 2 rings (SSSR count). The molecule has 6 nitrogen and oxygen atoms in total. The summed E-state index contributed by atoms with van der Waals surface area (Å²) in [5.41, 5.74) is 0.874. The molecule has 6 heteroatoms. The standard InChI is InChI=1S/C14H20O6/c1-8-11(15)13(12(16)14(17)20-8)19-7-9-3-5-10(18-2)6-4-9/h3-6,8,11-17H,7H2,1-2H3/t8-,11-,12+,13+,14+/m0/s1. The third-order valence-corrected chi connectivity index (χ3v) is 3.40. The van der Waals surface area contributed by atoms with Gasteiger partial charge < -0.3 is 29.5 Å². The van der Waals surface area contributed by atoms with Gasteiger partial charge in [-0.15, -0.1) is 0 Å². The molecule has 5 atom stereocenters. The number of rotatable bonds is 4. The first-order chi connectivity index (χ1) is 9.52. The molecule has 1 heterocycles. The summed E-state index contributed by atoms with van der Waals surface area (Å²) in [4.78, 5) is 0. The maximum atomic E-state index is 9.94. The van der Waals surface area contributed by atoms with E-state index in [2.05, 4.69) is 0 Å². The molecule has 0 unspecified atom stereocenters. The number of ether oxygens (including phenoxy) is 3. The number of methoxy groups -OCH3 is 1. The van der Waals surface area contributed by atoms with E-state index in [0.717, 1.165) is 11.3 Å². The highest BCUT2D eigenvalue weighted by Gasteiger charge is 2.42. The molecule has 112 valence electrons. The van der Waals surface area contributed by atoms with E-state index in [1.165, 1.54) is 0 Å². The number of hydrogen-bond acceptors (Lipinski definition) is 6. The fourth-order valence-electron chi connectivity index (χ4n) is 2.12. The van der Waals surface area contributed by atoms with Crippen molar-refractivity contribution in [2.24, 2.45) is 0 Å². The highest BCUT2D eigenvalue weighted by Crippen LogP contribution is 2.23. The quantitative estimate of drug-likeness (QED) is 0.723. The van der Waals surface area contributed by atoms with Gasteiger partial charge in [0.2, 0.25) is 0 Å². The van der Waals surface area contributed by atoms with Crippen molar-refractivity contribution >= 4 is 0 Å². The monoisotopic (exact) mass is 284 g/mol. The SMILES string of the molecule is COc1ccc(CO[C@@H]2[C@@H](O)[C@H](C)O[C@@H](O)[C@@H]2O)cc1. The summed E-state index contributed by atoms with van der Waals surface area (Å²) in [7, 11) is 1.59. The normalized spacial score (nSPS) is 34.0. The van der Waals surface area contributed by atoms with E-state index in [9.17, 15) is 15.3 Å². The van der Waals surface area contributed by atoms with Gasteiger partial charge in [-0.2, -0.15) is 0 Å². The zero-order chi connectivity index (χ0) is 14.7. The van der Waals surface area contributed by atoms with Crippen molar-refractivity contribution in [3.63, 3.8) is 0 Å². The Balaban J connectivity index is 1.97. The predicted molar refractivity (Wildman–Crippen MR) is 70.1 cm³/mol. The summed E-state index contributed by atoms with van der Waals surface area (Å²) in [6, 6.07) is 7.26. The van der Waals surface area contributed by atoms with E-state index >= 15 is 0 Å². The molecule has 0 spiro atoms. The second kappa shape index (κ2) is 6.51. The van der Waals surface area contributed by atoms with Crippen LogP contribution in [0.5, 0.6) is 5.75 Å². The van der Waals surface area contributed by atoms with Crippen LogP contribution in [0.3, 0.4) is 0 Å². The van der Waals surface area contributed by atoms with Crippen molar-refractivity contribution in [2.45, 2.75) is 44.2 Å². The zero-order valence-corrected chi connectivity index (χ0v) is 11.5. The van der Waals surface area contributed by atoms with E-state index in [4.69, 9.17) is 14.2 Å². The number of hydrogen-bond donors (Lipinski definition) is 3. The Morgan fingerprint density at radius 1 is 1.10 bits per heavy atom. The van der Waals surface area contributed by atoms with Crippen molar-refractivity contribution in [2.75, 3.05) is 7.11 Å². The lowest BCUT2D eigenvalue weighted by Crippen LogP contribution is -2.57.